The Hall–Kier alpha value is -2.12. The van der Waals surface area contributed by atoms with Gasteiger partial charge in [0.25, 0.3) is 0 Å². The molecule has 26 heavy (non-hydrogen) atoms. The normalized spacial score (nSPS) is 18.0. The van der Waals surface area contributed by atoms with Crippen LogP contribution in [0, 0.1) is 5.82 Å². The lowest BCUT2D eigenvalue weighted by molar-refractivity contribution is 0.108. The Labute approximate surface area is 154 Å². The van der Waals surface area contributed by atoms with Crippen LogP contribution in [0.2, 0.25) is 0 Å². The van der Waals surface area contributed by atoms with Crippen LogP contribution in [0.25, 0.3) is 0 Å². The molecule has 3 rings (SSSR count). The van der Waals surface area contributed by atoms with Crippen LogP contribution in [0.3, 0.4) is 0 Å². The minimum atomic E-state index is -0.309. The molecule has 0 bridgehead atoms. The molecule has 1 aliphatic heterocycles. The van der Waals surface area contributed by atoms with Gasteiger partial charge in [-0.05, 0) is 37.3 Å². The number of rotatable bonds is 5. The average Bonchev–Trinajstić information content (AvgIpc) is 3.08. The lowest BCUT2D eigenvalue weighted by atomic mass is 10.0. The van der Waals surface area contributed by atoms with Gasteiger partial charge in [0, 0.05) is 38.3 Å². The van der Waals surface area contributed by atoms with Crippen molar-refractivity contribution in [1.82, 2.24) is 30.0 Å². The molecule has 140 valence electrons. The number of hydrogen-bond donors (Lipinski definition) is 0. The second kappa shape index (κ2) is 7.63. The lowest BCUT2D eigenvalue weighted by Gasteiger charge is -2.39. The van der Waals surface area contributed by atoms with Gasteiger partial charge in [0.05, 0.1) is 5.54 Å². The molecular weight excluding hydrogens is 331 g/mol. The lowest BCUT2D eigenvalue weighted by Crippen LogP contribution is -2.48. The zero-order chi connectivity index (χ0) is 18.7. The van der Waals surface area contributed by atoms with Gasteiger partial charge in [0.2, 0.25) is 0 Å². The van der Waals surface area contributed by atoms with Crippen molar-refractivity contribution in [3.05, 3.63) is 54.1 Å². The summed E-state index contributed by atoms with van der Waals surface area (Å²) < 4.78 is 16.5. The summed E-state index contributed by atoms with van der Waals surface area (Å²) in [5.74, 6) is 0.453. The van der Waals surface area contributed by atoms with Gasteiger partial charge >= 0.3 is 0 Å². The number of benzene rings is 1. The van der Waals surface area contributed by atoms with Crippen LogP contribution in [-0.2, 0) is 5.54 Å². The third kappa shape index (κ3) is 3.83. The molecule has 1 aromatic heterocycles. The summed E-state index contributed by atoms with van der Waals surface area (Å²) in [4.78, 5) is 4.61. The summed E-state index contributed by atoms with van der Waals surface area (Å²) in [6.45, 7) is 14.3. The van der Waals surface area contributed by atoms with E-state index in [-0.39, 0.29) is 17.4 Å². The molecule has 6 nitrogen and oxygen atoms in total. The van der Waals surface area contributed by atoms with Gasteiger partial charge in [-0.15, -0.1) is 11.7 Å². The van der Waals surface area contributed by atoms with Crippen molar-refractivity contribution >= 4 is 0 Å². The molecule has 1 atom stereocenters. The summed E-state index contributed by atoms with van der Waals surface area (Å²) in [5, 5.41) is 12.4. The standard InChI is InChI=1S/C19H27FN6/c1-5-10-24-11-13-25(14-12-24)17(15-8-6-7-9-16(15)20)18-21-22-23-26(18)19(2,3)4/h5-9,17H,1,10-14H2,2-4H3/t17-/m0/s1. The first-order chi connectivity index (χ1) is 12.4. The maximum absolute atomic E-state index is 14.7. The van der Waals surface area contributed by atoms with E-state index in [0.717, 1.165) is 32.7 Å². The monoisotopic (exact) mass is 358 g/mol. The van der Waals surface area contributed by atoms with Crippen molar-refractivity contribution in [2.24, 2.45) is 0 Å². The van der Waals surface area contributed by atoms with E-state index in [0.29, 0.717) is 11.4 Å². The van der Waals surface area contributed by atoms with Crippen LogP contribution in [0.4, 0.5) is 4.39 Å². The topological polar surface area (TPSA) is 50.1 Å². The highest BCUT2D eigenvalue weighted by Gasteiger charge is 2.34. The molecule has 0 radical (unpaired) electrons. The van der Waals surface area contributed by atoms with Gasteiger partial charge in [0.15, 0.2) is 5.82 Å². The zero-order valence-electron chi connectivity index (χ0n) is 15.8. The third-order valence-electron chi connectivity index (χ3n) is 4.73. The van der Waals surface area contributed by atoms with E-state index in [2.05, 4.69) is 31.9 Å². The van der Waals surface area contributed by atoms with Gasteiger partial charge in [0.1, 0.15) is 11.9 Å². The molecule has 1 aliphatic rings. The fourth-order valence-electron chi connectivity index (χ4n) is 3.42. The smallest absolute Gasteiger partial charge is 0.173 e. The van der Waals surface area contributed by atoms with Crippen molar-refractivity contribution in [3.8, 4) is 0 Å². The molecule has 1 aromatic carbocycles. The molecule has 7 heteroatoms. The van der Waals surface area contributed by atoms with Crippen LogP contribution in [0.1, 0.15) is 38.2 Å². The van der Waals surface area contributed by atoms with E-state index in [1.54, 1.807) is 10.7 Å². The summed E-state index contributed by atoms with van der Waals surface area (Å²) in [6.07, 6.45) is 1.92. The molecule has 2 heterocycles. The predicted octanol–water partition coefficient (Wildman–Crippen LogP) is 2.46. The summed E-state index contributed by atoms with van der Waals surface area (Å²) in [6, 6.07) is 6.60. The van der Waals surface area contributed by atoms with E-state index in [9.17, 15) is 4.39 Å². The molecule has 1 fully saturated rings. The maximum Gasteiger partial charge on any atom is 0.173 e. The highest BCUT2D eigenvalue weighted by atomic mass is 19.1. The van der Waals surface area contributed by atoms with Gasteiger partial charge in [-0.2, -0.15) is 0 Å². The molecule has 0 saturated carbocycles. The Morgan fingerprint density at radius 2 is 1.88 bits per heavy atom. The summed E-state index contributed by atoms with van der Waals surface area (Å²) in [5.41, 5.74) is 0.331. The molecule has 1 saturated heterocycles. The number of piperazine rings is 1. The summed E-state index contributed by atoms with van der Waals surface area (Å²) in [7, 11) is 0. The van der Waals surface area contributed by atoms with Crippen molar-refractivity contribution in [2.75, 3.05) is 32.7 Å². The minimum absolute atomic E-state index is 0.227. The van der Waals surface area contributed by atoms with Crippen molar-refractivity contribution < 1.29 is 4.39 Å². The van der Waals surface area contributed by atoms with Crippen molar-refractivity contribution in [3.63, 3.8) is 0 Å². The first-order valence-corrected chi connectivity index (χ1v) is 9.02. The van der Waals surface area contributed by atoms with E-state index in [1.807, 2.05) is 39.0 Å². The highest BCUT2D eigenvalue weighted by molar-refractivity contribution is 5.27. The van der Waals surface area contributed by atoms with Crippen LogP contribution in [0.15, 0.2) is 36.9 Å². The average molecular weight is 358 g/mol. The van der Waals surface area contributed by atoms with Gasteiger partial charge in [-0.1, -0.05) is 24.3 Å². The quantitative estimate of drug-likeness (QED) is 0.769. The fourth-order valence-corrected chi connectivity index (χ4v) is 3.42. The Balaban J connectivity index is 1.98. The van der Waals surface area contributed by atoms with Gasteiger partial charge < -0.3 is 0 Å². The van der Waals surface area contributed by atoms with Crippen molar-refractivity contribution in [1.29, 1.82) is 0 Å². The second-order valence-corrected chi connectivity index (χ2v) is 7.67. The van der Waals surface area contributed by atoms with Crippen molar-refractivity contribution in [2.45, 2.75) is 32.4 Å². The van der Waals surface area contributed by atoms with Gasteiger partial charge in [-0.3, -0.25) is 9.80 Å². The third-order valence-corrected chi connectivity index (χ3v) is 4.73. The zero-order valence-corrected chi connectivity index (χ0v) is 15.8. The first-order valence-electron chi connectivity index (χ1n) is 9.02. The van der Waals surface area contributed by atoms with E-state index < -0.39 is 0 Å². The Bertz CT molecular complexity index is 742. The Morgan fingerprint density at radius 1 is 1.19 bits per heavy atom. The molecule has 0 aliphatic carbocycles. The number of nitrogens with zero attached hydrogens (tertiary/aromatic N) is 6. The number of aromatic nitrogens is 4. The van der Waals surface area contributed by atoms with Gasteiger partial charge in [-0.25, -0.2) is 9.07 Å². The number of hydrogen-bond acceptors (Lipinski definition) is 5. The van der Waals surface area contributed by atoms with E-state index >= 15 is 0 Å². The maximum atomic E-state index is 14.7. The number of halogens is 1. The molecular formula is C19H27FN6. The van der Waals surface area contributed by atoms with E-state index in [4.69, 9.17) is 0 Å². The second-order valence-electron chi connectivity index (χ2n) is 7.67. The van der Waals surface area contributed by atoms with Crippen LogP contribution in [-0.4, -0.2) is 62.7 Å². The van der Waals surface area contributed by atoms with Crippen LogP contribution >= 0.6 is 0 Å². The Morgan fingerprint density at radius 3 is 2.50 bits per heavy atom. The minimum Gasteiger partial charge on any atom is -0.297 e. The SMILES string of the molecule is C=CCN1CCN([C@@H](c2ccccc2F)c2nnnn2C(C)(C)C)CC1. The number of tetrazole rings is 1. The fraction of sp³-hybridized carbons (Fsp3) is 0.526. The summed E-state index contributed by atoms with van der Waals surface area (Å²) >= 11 is 0. The van der Waals surface area contributed by atoms with Crippen LogP contribution in [0.5, 0.6) is 0 Å². The molecule has 2 aromatic rings. The van der Waals surface area contributed by atoms with E-state index in [1.165, 1.54) is 6.07 Å². The largest absolute Gasteiger partial charge is 0.297 e. The molecule has 0 N–H and O–H groups in total. The van der Waals surface area contributed by atoms with Crippen LogP contribution < -0.4 is 0 Å². The molecule has 0 amide bonds. The highest BCUT2D eigenvalue weighted by Crippen LogP contribution is 2.31. The predicted molar refractivity (Wildman–Crippen MR) is 99.3 cm³/mol. The molecule has 0 unspecified atom stereocenters. The molecule has 0 spiro atoms. The first kappa shape index (κ1) is 18.7. The Kier molecular flexibility index (Phi) is 5.48.